The van der Waals surface area contributed by atoms with Crippen LogP contribution >= 0.6 is 0 Å². The molecule has 1 aromatic carbocycles. The van der Waals surface area contributed by atoms with Gasteiger partial charge in [-0.3, -0.25) is 4.79 Å². The highest BCUT2D eigenvalue weighted by atomic mass is 32.2. The van der Waals surface area contributed by atoms with Crippen LogP contribution in [-0.2, 0) is 27.8 Å². The molecular formula is C26H40N2O4S. The van der Waals surface area contributed by atoms with Gasteiger partial charge in [0.05, 0.1) is 25.1 Å². The van der Waals surface area contributed by atoms with E-state index in [0.717, 1.165) is 24.8 Å². The lowest BCUT2D eigenvalue weighted by Gasteiger charge is -2.27. The van der Waals surface area contributed by atoms with Crippen molar-refractivity contribution in [2.24, 2.45) is 0 Å². The number of hydrogen-bond donors (Lipinski definition) is 0. The van der Waals surface area contributed by atoms with Crippen LogP contribution in [0, 0.1) is 0 Å². The Hall–Kier alpha value is -2.12. The summed E-state index contributed by atoms with van der Waals surface area (Å²) in [4.78, 5) is 15.0. The average molecular weight is 477 g/mol. The van der Waals surface area contributed by atoms with Gasteiger partial charge in [-0.1, -0.05) is 76.3 Å². The zero-order valence-corrected chi connectivity index (χ0v) is 21.1. The molecule has 0 unspecified atom stereocenters. The van der Waals surface area contributed by atoms with Gasteiger partial charge in [-0.2, -0.15) is 4.31 Å². The largest absolute Gasteiger partial charge is 0.467 e. The Morgan fingerprint density at radius 2 is 1.61 bits per heavy atom. The molecule has 2 aromatic rings. The first-order chi connectivity index (χ1) is 16.0. The highest BCUT2D eigenvalue weighted by Crippen LogP contribution is 2.13. The summed E-state index contributed by atoms with van der Waals surface area (Å²) in [5.74, 6) is 0.602. The van der Waals surface area contributed by atoms with Gasteiger partial charge >= 0.3 is 0 Å². The molecular weight excluding hydrogens is 436 g/mol. The van der Waals surface area contributed by atoms with Crippen LogP contribution in [0.3, 0.4) is 0 Å². The van der Waals surface area contributed by atoms with Gasteiger partial charge in [-0.25, -0.2) is 8.42 Å². The highest BCUT2D eigenvalue weighted by Gasteiger charge is 2.26. The van der Waals surface area contributed by atoms with Crippen LogP contribution in [0.4, 0.5) is 0 Å². The zero-order chi connectivity index (χ0) is 23.9. The summed E-state index contributed by atoms with van der Waals surface area (Å²) < 4.78 is 32.8. The van der Waals surface area contributed by atoms with E-state index in [4.69, 9.17) is 4.42 Å². The second-order valence-corrected chi connectivity index (χ2v) is 10.6. The number of carbonyl (C=O) groups is 1. The maximum absolute atomic E-state index is 13.2. The predicted molar refractivity (Wildman–Crippen MR) is 133 cm³/mol. The summed E-state index contributed by atoms with van der Waals surface area (Å²) in [6, 6.07) is 13.6. The average Bonchev–Trinajstić information content (AvgIpc) is 3.32. The summed E-state index contributed by atoms with van der Waals surface area (Å²) in [5.41, 5.74) is 1.14. The van der Waals surface area contributed by atoms with Gasteiger partial charge in [0, 0.05) is 13.1 Å². The molecule has 0 N–H and O–H groups in total. The van der Waals surface area contributed by atoms with Crippen molar-refractivity contribution < 1.29 is 17.6 Å². The molecule has 0 atom stereocenters. The Balaban J connectivity index is 2.00. The summed E-state index contributed by atoms with van der Waals surface area (Å²) >= 11 is 0. The van der Waals surface area contributed by atoms with Gasteiger partial charge in [-0.15, -0.1) is 0 Å². The van der Waals surface area contributed by atoms with Gasteiger partial charge in [0.15, 0.2) is 0 Å². The molecule has 1 aromatic heterocycles. The molecule has 184 valence electrons. The topological polar surface area (TPSA) is 70.8 Å². The number of nitrogens with zero attached hydrogens (tertiary/aromatic N) is 2. The minimum absolute atomic E-state index is 0.106. The SMILES string of the molecule is CCCCCCCCS(=O)(=O)N(CCC)CC(=O)N(CCc1ccccc1)Cc1ccco1. The highest BCUT2D eigenvalue weighted by molar-refractivity contribution is 7.89. The van der Waals surface area contributed by atoms with Crippen molar-refractivity contribution in [3.63, 3.8) is 0 Å². The second kappa shape index (κ2) is 14.9. The Morgan fingerprint density at radius 1 is 0.879 bits per heavy atom. The fourth-order valence-corrected chi connectivity index (χ4v) is 5.40. The van der Waals surface area contributed by atoms with E-state index in [-0.39, 0.29) is 18.2 Å². The van der Waals surface area contributed by atoms with Crippen molar-refractivity contribution in [1.82, 2.24) is 9.21 Å². The van der Waals surface area contributed by atoms with E-state index in [2.05, 4.69) is 6.92 Å². The molecule has 0 radical (unpaired) electrons. The summed E-state index contributed by atoms with van der Waals surface area (Å²) in [5, 5.41) is 0. The minimum atomic E-state index is -3.47. The number of unbranched alkanes of at least 4 members (excludes halogenated alkanes) is 5. The molecule has 0 saturated heterocycles. The Morgan fingerprint density at radius 3 is 2.27 bits per heavy atom. The van der Waals surface area contributed by atoms with Gasteiger partial charge in [-0.05, 0) is 37.0 Å². The van der Waals surface area contributed by atoms with Crippen molar-refractivity contribution >= 4 is 15.9 Å². The third kappa shape index (κ3) is 10.1. The Bertz CT molecular complexity index is 882. The van der Waals surface area contributed by atoms with Crippen molar-refractivity contribution in [3.05, 3.63) is 60.1 Å². The molecule has 0 bridgehead atoms. The minimum Gasteiger partial charge on any atom is -0.467 e. The van der Waals surface area contributed by atoms with Crippen molar-refractivity contribution in [1.29, 1.82) is 0 Å². The van der Waals surface area contributed by atoms with Gasteiger partial charge in [0.25, 0.3) is 0 Å². The first-order valence-electron chi connectivity index (χ1n) is 12.3. The van der Waals surface area contributed by atoms with Crippen LogP contribution in [-0.4, -0.2) is 48.9 Å². The van der Waals surface area contributed by atoms with Crippen LogP contribution in [0.25, 0.3) is 0 Å². The summed E-state index contributed by atoms with van der Waals surface area (Å²) in [6.45, 7) is 5.17. The van der Waals surface area contributed by atoms with E-state index in [1.54, 1.807) is 17.2 Å². The Kier molecular flexibility index (Phi) is 12.3. The van der Waals surface area contributed by atoms with Crippen molar-refractivity contribution in [3.8, 4) is 0 Å². The number of sulfonamides is 1. The van der Waals surface area contributed by atoms with E-state index in [1.807, 2.05) is 43.3 Å². The number of amides is 1. The van der Waals surface area contributed by atoms with Crippen LogP contribution in [0.5, 0.6) is 0 Å². The third-order valence-corrected chi connectivity index (χ3v) is 7.63. The maximum Gasteiger partial charge on any atom is 0.238 e. The quantitative estimate of drug-likeness (QED) is 0.292. The molecule has 0 aliphatic carbocycles. The second-order valence-electron chi connectivity index (χ2n) is 8.55. The van der Waals surface area contributed by atoms with E-state index >= 15 is 0 Å². The number of benzene rings is 1. The molecule has 33 heavy (non-hydrogen) atoms. The standard InChI is InChI=1S/C26H40N2O4S/c1-3-5-6-7-8-12-21-33(30,31)28(18-4-2)23-26(29)27(22-25-16-13-20-32-25)19-17-24-14-10-9-11-15-24/h9-11,13-16,20H,3-8,12,17-19,21-23H2,1-2H3. The molecule has 7 heteroatoms. The van der Waals surface area contributed by atoms with Crippen molar-refractivity contribution in [2.45, 2.75) is 71.8 Å². The number of carbonyl (C=O) groups excluding carboxylic acids is 1. The molecule has 1 amide bonds. The van der Waals surface area contributed by atoms with Gasteiger partial charge in [0.1, 0.15) is 5.76 Å². The lowest BCUT2D eigenvalue weighted by atomic mass is 10.1. The zero-order valence-electron chi connectivity index (χ0n) is 20.2. The van der Waals surface area contributed by atoms with Crippen molar-refractivity contribution in [2.75, 3.05) is 25.4 Å². The van der Waals surface area contributed by atoms with Crippen LogP contribution in [0.15, 0.2) is 53.1 Å². The number of rotatable bonds is 17. The molecule has 0 aliphatic rings. The molecule has 6 nitrogen and oxygen atoms in total. The maximum atomic E-state index is 13.2. The van der Waals surface area contributed by atoms with E-state index in [9.17, 15) is 13.2 Å². The first-order valence-corrected chi connectivity index (χ1v) is 13.9. The number of furan rings is 1. The smallest absolute Gasteiger partial charge is 0.238 e. The van der Waals surface area contributed by atoms with Gasteiger partial charge in [0.2, 0.25) is 15.9 Å². The first kappa shape index (κ1) is 27.1. The molecule has 0 aliphatic heterocycles. The monoisotopic (exact) mass is 476 g/mol. The van der Waals surface area contributed by atoms with Gasteiger partial charge < -0.3 is 9.32 Å². The molecule has 0 saturated carbocycles. The fourth-order valence-electron chi connectivity index (χ4n) is 3.80. The predicted octanol–water partition coefficient (Wildman–Crippen LogP) is 5.25. The van der Waals surface area contributed by atoms with E-state index < -0.39 is 10.0 Å². The summed E-state index contributed by atoms with van der Waals surface area (Å²) in [7, 11) is -3.47. The van der Waals surface area contributed by atoms with Crippen LogP contribution in [0.2, 0.25) is 0 Å². The van der Waals surface area contributed by atoms with Crippen LogP contribution in [0.1, 0.15) is 70.1 Å². The van der Waals surface area contributed by atoms with Crippen LogP contribution < -0.4 is 0 Å². The lowest BCUT2D eigenvalue weighted by Crippen LogP contribution is -2.44. The molecule has 2 rings (SSSR count). The fraction of sp³-hybridized carbons (Fsp3) is 0.577. The molecule has 1 heterocycles. The lowest BCUT2D eigenvalue weighted by molar-refractivity contribution is -0.132. The normalized spacial score (nSPS) is 11.7. The molecule has 0 spiro atoms. The van der Waals surface area contributed by atoms with E-state index in [1.165, 1.54) is 17.1 Å². The summed E-state index contributed by atoms with van der Waals surface area (Å²) in [6.07, 6.45) is 9.09. The molecule has 0 fully saturated rings. The van der Waals surface area contributed by atoms with E-state index in [0.29, 0.717) is 44.7 Å². The Labute approximate surface area is 200 Å². The number of hydrogen-bond acceptors (Lipinski definition) is 4. The third-order valence-electron chi connectivity index (χ3n) is 5.73.